The van der Waals surface area contributed by atoms with Gasteiger partial charge >= 0.3 is 0 Å². The largest absolute Gasteiger partial charge is 0.506 e. The zero-order valence-corrected chi connectivity index (χ0v) is 12.6. The molecule has 10 heteroatoms. The summed E-state index contributed by atoms with van der Waals surface area (Å²) in [6.07, 6.45) is 1.49. The van der Waals surface area contributed by atoms with Crippen LogP contribution in [0.5, 0.6) is 5.75 Å². The number of anilines is 3. The SMILES string of the molecule is Nc1nc(SCC(=O)Nc2ccc(N)c(O)c2)c2[nH]cnc2n1. The van der Waals surface area contributed by atoms with Gasteiger partial charge in [0.25, 0.3) is 0 Å². The van der Waals surface area contributed by atoms with Gasteiger partial charge in [0, 0.05) is 11.8 Å². The van der Waals surface area contributed by atoms with E-state index in [2.05, 4.69) is 25.3 Å². The summed E-state index contributed by atoms with van der Waals surface area (Å²) in [7, 11) is 0. The Morgan fingerprint density at radius 1 is 1.35 bits per heavy atom. The fraction of sp³-hybridized carbons (Fsp3) is 0.0769. The van der Waals surface area contributed by atoms with Gasteiger partial charge < -0.3 is 26.9 Å². The Kier molecular flexibility index (Phi) is 3.89. The number of nitrogen functional groups attached to an aromatic ring is 2. The van der Waals surface area contributed by atoms with E-state index in [1.807, 2.05) is 0 Å². The highest BCUT2D eigenvalue weighted by molar-refractivity contribution is 8.00. The molecule has 3 rings (SSSR count). The number of aromatic nitrogens is 4. The zero-order valence-electron chi connectivity index (χ0n) is 11.8. The standard InChI is InChI=1S/C13H13N7O2S/c14-7-2-1-6(3-8(7)21)18-9(22)4-23-12-10-11(17-5-16-10)19-13(15)20-12/h1-3,5,21H,4,14H2,(H,18,22)(H3,15,16,17,19,20). The number of rotatable bonds is 4. The second kappa shape index (κ2) is 6.01. The van der Waals surface area contributed by atoms with E-state index in [9.17, 15) is 9.90 Å². The second-order valence-electron chi connectivity index (χ2n) is 4.60. The lowest BCUT2D eigenvalue weighted by Crippen LogP contribution is -2.14. The first kappa shape index (κ1) is 14.9. The predicted octanol–water partition coefficient (Wildman–Crippen LogP) is 0.954. The van der Waals surface area contributed by atoms with Crippen molar-refractivity contribution in [3.8, 4) is 5.75 Å². The molecule has 1 aromatic carbocycles. The average Bonchev–Trinajstić information content (AvgIpc) is 2.97. The summed E-state index contributed by atoms with van der Waals surface area (Å²) in [6, 6.07) is 4.50. The molecule has 0 radical (unpaired) electrons. The molecule has 0 bridgehead atoms. The number of nitrogens with two attached hydrogens (primary N) is 2. The number of amides is 1. The van der Waals surface area contributed by atoms with Crippen molar-refractivity contribution in [3.63, 3.8) is 0 Å². The highest BCUT2D eigenvalue weighted by atomic mass is 32.2. The van der Waals surface area contributed by atoms with Crippen molar-refractivity contribution in [3.05, 3.63) is 24.5 Å². The number of nitrogens with zero attached hydrogens (tertiary/aromatic N) is 3. The zero-order chi connectivity index (χ0) is 16.4. The highest BCUT2D eigenvalue weighted by Crippen LogP contribution is 2.25. The molecule has 0 saturated heterocycles. The van der Waals surface area contributed by atoms with Gasteiger partial charge in [0.15, 0.2) is 5.65 Å². The van der Waals surface area contributed by atoms with Crippen molar-refractivity contribution in [2.45, 2.75) is 5.03 Å². The minimum Gasteiger partial charge on any atom is -0.506 e. The smallest absolute Gasteiger partial charge is 0.234 e. The maximum Gasteiger partial charge on any atom is 0.234 e. The molecule has 0 fully saturated rings. The molecule has 3 aromatic rings. The summed E-state index contributed by atoms with van der Waals surface area (Å²) in [4.78, 5) is 27.0. The number of hydrogen-bond donors (Lipinski definition) is 5. The molecule has 23 heavy (non-hydrogen) atoms. The van der Waals surface area contributed by atoms with Crippen LogP contribution in [0, 0.1) is 0 Å². The molecule has 0 spiro atoms. The maximum absolute atomic E-state index is 12.0. The van der Waals surface area contributed by atoms with E-state index in [0.29, 0.717) is 21.9 Å². The topological polar surface area (TPSA) is 156 Å². The lowest BCUT2D eigenvalue weighted by atomic mass is 10.2. The van der Waals surface area contributed by atoms with Crippen LogP contribution in [0.4, 0.5) is 17.3 Å². The predicted molar refractivity (Wildman–Crippen MR) is 88.0 cm³/mol. The average molecular weight is 331 g/mol. The number of benzene rings is 1. The van der Waals surface area contributed by atoms with Crippen molar-refractivity contribution >= 4 is 46.2 Å². The third-order valence-electron chi connectivity index (χ3n) is 2.92. The Bertz CT molecular complexity index is 880. The van der Waals surface area contributed by atoms with Crippen LogP contribution in [0.25, 0.3) is 11.2 Å². The third kappa shape index (κ3) is 3.26. The van der Waals surface area contributed by atoms with Crippen LogP contribution in [0.15, 0.2) is 29.6 Å². The molecule has 0 atom stereocenters. The minimum absolute atomic E-state index is 0.0850. The van der Waals surface area contributed by atoms with E-state index >= 15 is 0 Å². The van der Waals surface area contributed by atoms with Gasteiger partial charge in [-0.15, -0.1) is 0 Å². The van der Waals surface area contributed by atoms with Gasteiger partial charge in [0.05, 0.1) is 17.8 Å². The van der Waals surface area contributed by atoms with E-state index in [0.717, 1.165) is 0 Å². The number of hydrogen-bond acceptors (Lipinski definition) is 8. The summed E-state index contributed by atoms with van der Waals surface area (Å²) in [5.74, 6) is -0.145. The maximum atomic E-state index is 12.0. The fourth-order valence-corrected chi connectivity index (χ4v) is 2.67. The molecule has 0 unspecified atom stereocenters. The quantitative estimate of drug-likeness (QED) is 0.205. The molecule has 0 aliphatic rings. The van der Waals surface area contributed by atoms with E-state index < -0.39 is 0 Å². The number of H-pyrrole nitrogens is 1. The van der Waals surface area contributed by atoms with Gasteiger partial charge in [-0.25, -0.2) is 9.97 Å². The Hall–Kier alpha value is -3.01. The number of nitrogens with one attached hydrogen (secondary N) is 2. The first-order valence-corrected chi connectivity index (χ1v) is 7.49. The van der Waals surface area contributed by atoms with Crippen LogP contribution in [-0.2, 0) is 4.79 Å². The Labute approximate surface area is 134 Å². The molecule has 2 aromatic heterocycles. The van der Waals surface area contributed by atoms with Crippen LogP contribution in [0.1, 0.15) is 0 Å². The number of imidazole rings is 1. The third-order valence-corrected chi connectivity index (χ3v) is 3.90. The summed E-state index contributed by atoms with van der Waals surface area (Å²) >= 11 is 1.20. The van der Waals surface area contributed by atoms with E-state index in [1.54, 1.807) is 6.07 Å². The first-order chi connectivity index (χ1) is 11.0. The van der Waals surface area contributed by atoms with Crippen molar-refractivity contribution in [2.24, 2.45) is 0 Å². The lowest BCUT2D eigenvalue weighted by molar-refractivity contribution is -0.113. The lowest BCUT2D eigenvalue weighted by Gasteiger charge is -2.07. The Morgan fingerprint density at radius 3 is 2.96 bits per heavy atom. The summed E-state index contributed by atoms with van der Waals surface area (Å²) in [6.45, 7) is 0. The van der Waals surface area contributed by atoms with Gasteiger partial charge in [-0.05, 0) is 12.1 Å². The van der Waals surface area contributed by atoms with E-state index in [1.165, 1.54) is 30.2 Å². The molecule has 0 aliphatic heterocycles. The summed E-state index contributed by atoms with van der Waals surface area (Å²) in [5.41, 5.74) is 12.9. The molecular weight excluding hydrogens is 318 g/mol. The molecular formula is C13H13N7O2S. The number of carbonyl (C=O) groups excluding carboxylic acids is 1. The van der Waals surface area contributed by atoms with Crippen LogP contribution in [0.2, 0.25) is 0 Å². The molecule has 1 amide bonds. The highest BCUT2D eigenvalue weighted by Gasteiger charge is 2.12. The van der Waals surface area contributed by atoms with Gasteiger partial charge in [0.2, 0.25) is 11.9 Å². The van der Waals surface area contributed by atoms with Crippen LogP contribution in [-0.4, -0.2) is 36.7 Å². The molecule has 7 N–H and O–H groups in total. The molecule has 9 nitrogen and oxygen atoms in total. The van der Waals surface area contributed by atoms with E-state index in [-0.39, 0.29) is 29.0 Å². The molecule has 2 heterocycles. The van der Waals surface area contributed by atoms with Crippen LogP contribution < -0.4 is 16.8 Å². The van der Waals surface area contributed by atoms with Crippen molar-refractivity contribution in [1.29, 1.82) is 0 Å². The number of fused-ring (bicyclic) bond motifs is 1. The summed E-state index contributed by atoms with van der Waals surface area (Å²) in [5, 5.41) is 12.7. The Balaban J connectivity index is 1.68. The number of thioether (sulfide) groups is 1. The number of aromatic amines is 1. The van der Waals surface area contributed by atoms with E-state index in [4.69, 9.17) is 11.5 Å². The van der Waals surface area contributed by atoms with Crippen molar-refractivity contribution < 1.29 is 9.90 Å². The monoisotopic (exact) mass is 331 g/mol. The van der Waals surface area contributed by atoms with Crippen LogP contribution in [0.3, 0.4) is 0 Å². The minimum atomic E-state index is -0.260. The molecule has 118 valence electrons. The van der Waals surface area contributed by atoms with Crippen molar-refractivity contribution in [1.82, 2.24) is 19.9 Å². The van der Waals surface area contributed by atoms with Gasteiger partial charge in [-0.3, -0.25) is 4.79 Å². The normalized spacial score (nSPS) is 10.8. The van der Waals surface area contributed by atoms with Crippen molar-refractivity contribution in [2.75, 3.05) is 22.5 Å². The molecule has 0 aliphatic carbocycles. The Morgan fingerprint density at radius 2 is 2.17 bits per heavy atom. The van der Waals surface area contributed by atoms with Crippen LogP contribution >= 0.6 is 11.8 Å². The number of phenols is 1. The van der Waals surface area contributed by atoms with Gasteiger partial charge in [0.1, 0.15) is 16.3 Å². The molecule has 0 saturated carbocycles. The number of carbonyl (C=O) groups is 1. The first-order valence-electron chi connectivity index (χ1n) is 6.50. The van der Waals surface area contributed by atoms with Gasteiger partial charge in [-0.2, -0.15) is 4.98 Å². The number of aromatic hydroxyl groups is 1. The fourth-order valence-electron chi connectivity index (χ4n) is 1.88. The number of phenolic OH excluding ortho intramolecular Hbond substituents is 1. The second-order valence-corrected chi connectivity index (χ2v) is 5.56. The summed E-state index contributed by atoms with van der Waals surface area (Å²) < 4.78 is 0. The van der Waals surface area contributed by atoms with Gasteiger partial charge in [-0.1, -0.05) is 11.8 Å².